The van der Waals surface area contributed by atoms with Crippen molar-refractivity contribution in [2.24, 2.45) is 0 Å². The molecular weight excluding hydrogens is 391 g/mol. The van der Waals surface area contributed by atoms with Crippen LogP contribution in [0.2, 0.25) is 0 Å². The Bertz CT molecular complexity index is 935. The zero-order valence-corrected chi connectivity index (χ0v) is 16.9. The predicted molar refractivity (Wildman–Crippen MR) is 114 cm³/mol. The molecule has 1 amide bonds. The molecule has 4 rings (SSSR count). The SMILES string of the molecule is Cl.O=C(Cc1cn(-c2ccccc2)nc1-c1ccc(F)cc1)N1CCCNCC1. The number of benzene rings is 2. The third kappa shape index (κ3) is 5.02. The van der Waals surface area contributed by atoms with Gasteiger partial charge >= 0.3 is 0 Å². The fourth-order valence-corrected chi connectivity index (χ4v) is 3.47. The lowest BCUT2D eigenvalue weighted by molar-refractivity contribution is -0.130. The average molecular weight is 415 g/mol. The van der Waals surface area contributed by atoms with E-state index >= 15 is 0 Å². The summed E-state index contributed by atoms with van der Waals surface area (Å²) < 4.78 is 15.2. The molecule has 29 heavy (non-hydrogen) atoms. The van der Waals surface area contributed by atoms with E-state index in [1.54, 1.807) is 16.8 Å². The van der Waals surface area contributed by atoms with Gasteiger partial charge in [-0.25, -0.2) is 9.07 Å². The first-order chi connectivity index (χ1) is 13.7. The summed E-state index contributed by atoms with van der Waals surface area (Å²) in [6.45, 7) is 3.25. The predicted octanol–water partition coefficient (Wildman–Crippen LogP) is 3.46. The second-order valence-corrected chi connectivity index (χ2v) is 6.95. The second kappa shape index (κ2) is 9.67. The maximum Gasteiger partial charge on any atom is 0.227 e. The molecule has 0 radical (unpaired) electrons. The Kier molecular flexibility index (Phi) is 7.01. The number of carbonyl (C=O) groups excluding carboxylic acids is 1. The number of hydrogen-bond acceptors (Lipinski definition) is 3. The zero-order valence-electron chi connectivity index (χ0n) is 16.1. The third-order valence-electron chi connectivity index (χ3n) is 4.96. The van der Waals surface area contributed by atoms with Gasteiger partial charge in [-0.15, -0.1) is 12.4 Å². The van der Waals surface area contributed by atoms with Crippen molar-refractivity contribution in [1.29, 1.82) is 0 Å². The summed E-state index contributed by atoms with van der Waals surface area (Å²) in [5, 5.41) is 8.03. The van der Waals surface area contributed by atoms with Gasteiger partial charge in [-0.2, -0.15) is 5.10 Å². The lowest BCUT2D eigenvalue weighted by Crippen LogP contribution is -2.35. The number of rotatable bonds is 4. The van der Waals surface area contributed by atoms with E-state index in [0.29, 0.717) is 5.69 Å². The summed E-state index contributed by atoms with van der Waals surface area (Å²) >= 11 is 0. The van der Waals surface area contributed by atoms with Gasteiger partial charge in [-0.05, 0) is 49.4 Å². The van der Waals surface area contributed by atoms with Gasteiger partial charge in [0.2, 0.25) is 5.91 Å². The second-order valence-electron chi connectivity index (χ2n) is 6.95. The van der Waals surface area contributed by atoms with E-state index in [-0.39, 0.29) is 30.6 Å². The molecular formula is C22H24ClFN4O. The Morgan fingerprint density at radius 3 is 2.55 bits per heavy atom. The Hall–Kier alpha value is -2.70. The standard InChI is InChI=1S/C22H23FN4O.ClH/c23-19-9-7-17(8-10-19)22-18(15-21(28)26-13-4-11-24-12-14-26)16-27(25-22)20-5-2-1-3-6-20;/h1-3,5-10,16,24H,4,11-15H2;1H. The molecule has 1 aliphatic heterocycles. The monoisotopic (exact) mass is 414 g/mol. The molecule has 1 saturated heterocycles. The summed E-state index contributed by atoms with van der Waals surface area (Å²) in [6.07, 6.45) is 3.14. The van der Waals surface area contributed by atoms with Crippen LogP contribution in [0.15, 0.2) is 60.8 Å². The third-order valence-corrected chi connectivity index (χ3v) is 4.96. The molecule has 3 aromatic rings. The van der Waals surface area contributed by atoms with E-state index in [9.17, 15) is 9.18 Å². The highest BCUT2D eigenvalue weighted by molar-refractivity contribution is 5.85. The van der Waals surface area contributed by atoms with Gasteiger partial charge in [0, 0.05) is 37.0 Å². The molecule has 0 spiro atoms. The lowest BCUT2D eigenvalue weighted by atomic mass is 10.1. The number of nitrogens with one attached hydrogen (secondary N) is 1. The van der Waals surface area contributed by atoms with Crippen molar-refractivity contribution >= 4 is 18.3 Å². The minimum Gasteiger partial charge on any atom is -0.341 e. The topological polar surface area (TPSA) is 50.2 Å². The van der Waals surface area contributed by atoms with E-state index in [0.717, 1.165) is 49.4 Å². The summed E-state index contributed by atoms with van der Waals surface area (Å²) in [7, 11) is 0. The quantitative estimate of drug-likeness (QED) is 0.711. The van der Waals surface area contributed by atoms with Gasteiger partial charge in [0.15, 0.2) is 0 Å². The molecule has 2 heterocycles. The lowest BCUT2D eigenvalue weighted by Gasteiger charge is -2.19. The molecule has 0 aliphatic carbocycles. The Morgan fingerprint density at radius 1 is 1.03 bits per heavy atom. The molecule has 1 fully saturated rings. The van der Waals surface area contributed by atoms with E-state index in [4.69, 9.17) is 5.10 Å². The van der Waals surface area contributed by atoms with Gasteiger partial charge in [0.05, 0.1) is 17.8 Å². The summed E-state index contributed by atoms with van der Waals surface area (Å²) in [5.41, 5.74) is 3.28. The molecule has 7 heteroatoms. The number of hydrogen-bond donors (Lipinski definition) is 1. The molecule has 1 aromatic heterocycles. The van der Waals surface area contributed by atoms with Crippen LogP contribution in [0.1, 0.15) is 12.0 Å². The molecule has 0 unspecified atom stereocenters. The molecule has 0 bridgehead atoms. The van der Waals surface area contributed by atoms with Crippen LogP contribution in [0, 0.1) is 5.82 Å². The highest BCUT2D eigenvalue weighted by atomic mass is 35.5. The smallest absolute Gasteiger partial charge is 0.227 e. The number of nitrogens with zero attached hydrogens (tertiary/aromatic N) is 3. The van der Waals surface area contributed by atoms with Crippen molar-refractivity contribution in [3.63, 3.8) is 0 Å². The Labute approximate surface area is 175 Å². The van der Waals surface area contributed by atoms with Gasteiger partial charge in [-0.3, -0.25) is 4.79 Å². The number of carbonyl (C=O) groups is 1. The summed E-state index contributed by atoms with van der Waals surface area (Å²) in [4.78, 5) is 14.8. The van der Waals surface area contributed by atoms with Crippen LogP contribution in [0.4, 0.5) is 4.39 Å². The maximum atomic E-state index is 13.4. The van der Waals surface area contributed by atoms with E-state index in [2.05, 4.69) is 5.32 Å². The number of aromatic nitrogens is 2. The molecule has 2 aromatic carbocycles. The van der Waals surface area contributed by atoms with Crippen molar-refractivity contribution in [1.82, 2.24) is 20.0 Å². The van der Waals surface area contributed by atoms with Crippen LogP contribution in [0.25, 0.3) is 16.9 Å². The largest absolute Gasteiger partial charge is 0.341 e. The average Bonchev–Trinajstić information content (AvgIpc) is 2.95. The van der Waals surface area contributed by atoms with Gasteiger partial charge < -0.3 is 10.2 Å². The molecule has 0 saturated carbocycles. The highest BCUT2D eigenvalue weighted by Gasteiger charge is 2.20. The van der Waals surface area contributed by atoms with Crippen LogP contribution in [-0.4, -0.2) is 46.8 Å². The molecule has 0 atom stereocenters. The van der Waals surface area contributed by atoms with Crippen LogP contribution in [0.5, 0.6) is 0 Å². The fraction of sp³-hybridized carbons (Fsp3) is 0.273. The minimum atomic E-state index is -0.291. The van der Waals surface area contributed by atoms with Gasteiger partial charge in [0.1, 0.15) is 5.82 Å². The molecule has 5 nitrogen and oxygen atoms in total. The first-order valence-electron chi connectivity index (χ1n) is 9.59. The summed E-state index contributed by atoms with van der Waals surface area (Å²) in [5.74, 6) is -0.194. The van der Waals surface area contributed by atoms with Crippen LogP contribution >= 0.6 is 12.4 Å². The van der Waals surface area contributed by atoms with Crippen molar-refractivity contribution in [3.8, 4) is 16.9 Å². The summed E-state index contributed by atoms with van der Waals surface area (Å²) in [6, 6.07) is 16.0. The Morgan fingerprint density at radius 2 is 1.79 bits per heavy atom. The minimum absolute atomic E-state index is 0. The van der Waals surface area contributed by atoms with Crippen molar-refractivity contribution in [3.05, 3.63) is 72.2 Å². The first-order valence-corrected chi connectivity index (χ1v) is 9.59. The fourth-order valence-electron chi connectivity index (χ4n) is 3.47. The number of para-hydroxylation sites is 1. The van der Waals surface area contributed by atoms with Crippen LogP contribution < -0.4 is 5.32 Å². The van der Waals surface area contributed by atoms with Crippen LogP contribution in [0.3, 0.4) is 0 Å². The van der Waals surface area contributed by atoms with E-state index in [1.165, 1.54) is 12.1 Å². The molecule has 1 N–H and O–H groups in total. The maximum absolute atomic E-state index is 13.4. The molecule has 1 aliphatic rings. The van der Waals surface area contributed by atoms with Gasteiger partial charge in [-0.1, -0.05) is 18.2 Å². The highest BCUT2D eigenvalue weighted by Crippen LogP contribution is 2.25. The van der Waals surface area contributed by atoms with Crippen molar-refractivity contribution in [2.45, 2.75) is 12.8 Å². The van der Waals surface area contributed by atoms with E-state index < -0.39 is 0 Å². The first kappa shape index (κ1) is 21.0. The number of halogens is 2. The van der Waals surface area contributed by atoms with E-state index in [1.807, 2.05) is 41.4 Å². The normalized spacial score (nSPS) is 14.2. The molecule has 152 valence electrons. The van der Waals surface area contributed by atoms with Crippen molar-refractivity contribution in [2.75, 3.05) is 26.2 Å². The van der Waals surface area contributed by atoms with Crippen LogP contribution in [-0.2, 0) is 11.2 Å². The zero-order chi connectivity index (χ0) is 19.3. The Balaban J connectivity index is 0.00000240. The van der Waals surface area contributed by atoms with Gasteiger partial charge in [0.25, 0.3) is 0 Å². The number of amides is 1. The van der Waals surface area contributed by atoms with Crippen molar-refractivity contribution < 1.29 is 9.18 Å².